The molecule has 4 atom stereocenters. The normalized spacial score (nSPS) is 25.1. The van der Waals surface area contributed by atoms with Crippen molar-refractivity contribution in [3.05, 3.63) is 95.6 Å². The van der Waals surface area contributed by atoms with Crippen molar-refractivity contribution in [1.82, 2.24) is 9.34 Å². The molecular weight excluding hydrogens is 514 g/mol. The minimum absolute atomic E-state index is 0.151. The van der Waals surface area contributed by atoms with Crippen LogP contribution in [0.3, 0.4) is 0 Å². The Morgan fingerprint density at radius 3 is 1.46 bits per heavy atom. The van der Waals surface area contributed by atoms with Gasteiger partial charge in [-0.3, -0.25) is 18.7 Å². The molecule has 0 radical (unpaired) electrons. The molecule has 37 heavy (non-hydrogen) atoms. The van der Waals surface area contributed by atoms with Crippen molar-refractivity contribution in [1.29, 1.82) is 0 Å². The van der Waals surface area contributed by atoms with Crippen LogP contribution in [0, 0.1) is 0 Å². The van der Waals surface area contributed by atoms with E-state index in [1.54, 1.807) is 12.2 Å². The molecule has 0 amide bonds. The summed E-state index contributed by atoms with van der Waals surface area (Å²) in [6, 6.07) is 16.7. The summed E-state index contributed by atoms with van der Waals surface area (Å²) in [5.41, 5.74) is 1.69. The van der Waals surface area contributed by atoms with E-state index in [9.17, 15) is 18.7 Å². The topological polar surface area (TPSA) is 102 Å². The summed E-state index contributed by atoms with van der Waals surface area (Å²) in [6.45, 7) is 0.302. The molecule has 2 aromatic carbocycles. The molecule has 11 heteroatoms. The zero-order valence-corrected chi connectivity index (χ0v) is 22.5. The Labute approximate surface area is 216 Å². The molecule has 0 N–H and O–H groups in total. The van der Waals surface area contributed by atoms with Gasteiger partial charge in [-0.05, 0) is 24.0 Å². The highest BCUT2D eigenvalue weighted by Gasteiger charge is 2.50. The molecular formula is C26H30N2O7P2. The number of methoxy groups -OCH3 is 2. The van der Waals surface area contributed by atoms with Crippen LogP contribution in [0.5, 0.6) is 0 Å². The van der Waals surface area contributed by atoms with Gasteiger partial charge in [0, 0.05) is 24.7 Å². The van der Waals surface area contributed by atoms with Crippen molar-refractivity contribution in [3.63, 3.8) is 0 Å². The number of esters is 2. The number of hydrogen-bond donors (Lipinski definition) is 0. The average molecular weight is 544 g/mol. The summed E-state index contributed by atoms with van der Waals surface area (Å²) < 4.78 is 47.2. The van der Waals surface area contributed by atoms with Crippen LogP contribution in [-0.4, -0.2) is 60.7 Å². The molecule has 1 unspecified atom stereocenters. The number of benzene rings is 2. The molecule has 2 aromatic rings. The molecule has 0 aliphatic carbocycles. The second-order valence-electron chi connectivity index (χ2n) is 8.68. The van der Waals surface area contributed by atoms with Gasteiger partial charge < -0.3 is 9.47 Å². The second kappa shape index (κ2) is 11.7. The van der Waals surface area contributed by atoms with Crippen LogP contribution in [0.25, 0.3) is 0 Å². The van der Waals surface area contributed by atoms with Crippen molar-refractivity contribution in [2.45, 2.75) is 24.9 Å². The Morgan fingerprint density at radius 1 is 0.730 bits per heavy atom. The quantitative estimate of drug-likeness (QED) is 0.313. The molecule has 0 bridgehead atoms. The fraction of sp³-hybridized carbons (Fsp3) is 0.308. The molecule has 0 spiro atoms. The molecule has 2 aliphatic heterocycles. The van der Waals surface area contributed by atoms with E-state index >= 15 is 0 Å². The summed E-state index contributed by atoms with van der Waals surface area (Å²) in [7, 11) is -5.28. The summed E-state index contributed by atoms with van der Waals surface area (Å²) >= 11 is 0. The maximum absolute atomic E-state index is 14.2. The van der Waals surface area contributed by atoms with Gasteiger partial charge in [0.25, 0.3) is 0 Å². The molecule has 2 aliphatic rings. The largest absolute Gasteiger partial charge is 0.468 e. The van der Waals surface area contributed by atoms with Crippen LogP contribution in [0.1, 0.15) is 11.1 Å². The third kappa shape index (κ3) is 6.03. The Hall–Kier alpha value is -2.80. The van der Waals surface area contributed by atoms with E-state index in [1.807, 2.05) is 60.7 Å². The van der Waals surface area contributed by atoms with Crippen molar-refractivity contribution in [2.75, 3.05) is 27.3 Å². The first-order chi connectivity index (χ1) is 17.8. The van der Waals surface area contributed by atoms with Gasteiger partial charge in [-0.2, -0.15) is 0 Å². The Morgan fingerprint density at radius 2 is 1.11 bits per heavy atom. The van der Waals surface area contributed by atoms with Gasteiger partial charge in [0.1, 0.15) is 12.1 Å². The number of ether oxygens (including phenoxy) is 2. The Bertz CT molecular complexity index is 1170. The van der Waals surface area contributed by atoms with Crippen LogP contribution >= 0.6 is 15.0 Å². The molecule has 0 saturated carbocycles. The highest BCUT2D eigenvalue weighted by molar-refractivity contribution is 7.73. The van der Waals surface area contributed by atoms with Gasteiger partial charge in [-0.25, -0.2) is 13.7 Å². The zero-order valence-electron chi connectivity index (χ0n) is 20.7. The van der Waals surface area contributed by atoms with Gasteiger partial charge >= 0.3 is 27.0 Å². The fourth-order valence-corrected chi connectivity index (χ4v) is 9.87. The first-order valence-electron chi connectivity index (χ1n) is 11.8. The lowest BCUT2D eigenvalue weighted by Crippen LogP contribution is -2.42. The first-order valence-corrected chi connectivity index (χ1v) is 15.1. The summed E-state index contributed by atoms with van der Waals surface area (Å²) in [6.07, 6.45) is 3.70. The third-order valence-electron chi connectivity index (χ3n) is 6.33. The highest BCUT2D eigenvalue weighted by Crippen LogP contribution is 2.72. The Balaban J connectivity index is 1.62. The summed E-state index contributed by atoms with van der Waals surface area (Å²) in [4.78, 5) is 25.6. The number of nitrogens with zero attached hydrogens (tertiary/aromatic N) is 2. The Kier molecular flexibility index (Phi) is 8.63. The average Bonchev–Trinajstić information content (AvgIpc) is 3.47. The van der Waals surface area contributed by atoms with E-state index < -0.39 is 39.1 Å². The van der Waals surface area contributed by atoms with E-state index in [1.165, 1.54) is 35.2 Å². The lowest BCUT2D eigenvalue weighted by atomic mass is 10.1. The lowest BCUT2D eigenvalue weighted by Gasteiger charge is -2.35. The monoisotopic (exact) mass is 544 g/mol. The van der Waals surface area contributed by atoms with Crippen molar-refractivity contribution >= 4 is 27.0 Å². The standard InChI is InChI=1S/C26H30N2O7P2/c1-33-25(29)23(19-21-11-5-3-6-12-21)27-15-9-17-36(27,31)35-37(32)18-10-16-28(37)24(26(30)34-2)20-22-13-7-4-8-14-22/h3-14,17-18,23-24H,15-16,19-20H2,1-2H3/t23-,24-,36-,37?/m0/s1. The molecule has 0 saturated heterocycles. The number of carbonyl (C=O) groups is 2. The van der Waals surface area contributed by atoms with Gasteiger partial charge in [0.2, 0.25) is 0 Å². The van der Waals surface area contributed by atoms with Gasteiger partial charge in [0.05, 0.1) is 14.2 Å². The van der Waals surface area contributed by atoms with Crippen LogP contribution in [0.15, 0.2) is 84.4 Å². The number of carbonyl (C=O) groups excluding carboxylic acids is 2. The van der Waals surface area contributed by atoms with E-state index in [-0.39, 0.29) is 25.9 Å². The second-order valence-corrected chi connectivity index (χ2v) is 13.2. The predicted molar refractivity (Wildman–Crippen MR) is 140 cm³/mol. The summed E-state index contributed by atoms with van der Waals surface area (Å²) in [5, 5.41) is 0. The van der Waals surface area contributed by atoms with Gasteiger partial charge in [-0.15, -0.1) is 0 Å². The van der Waals surface area contributed by atoms with Gasteiger partial charge in [-0.1, -0.05) is 72.8 Å². The lowest BCUT2D eigenvalue weighted by molar-refractivity contribution is -0.145. The first kappa shape index (κ1) is 27.2. The number of rotatable bonds is 10. The SMILES string of the molecule is COC(=O)[C@H](Cc1ccccc1)N1CC=CP1(=O)O[P@@]1(=O)C=CCN1[C@@H](Cc1ccccc1)C(=O)OC. The molecule has 0 fully saturated rings. The van der Waals surface area contributed by atoms with Crippen molar-refractivity contribution < 1.29 is 32.5 Å². The smallest absolute Gasteiger partial charge is 0.323 e. The van der Waals surface area contributed by atoms with Crippen molar-refractivity contribution in [2.24, 2.45) is 0 Å². The van der Waals surface area contributed by atoms with E-state index in [4.69, 9.17) is 13.8 Å². The van der Waals surface area contributed by atoms with E-state index in [0.717, 1.165) is 11.1 Å². The molecule has 4 rings (SSSR count). The molecule has 0 aromatic heterocycles. The predicted octanol–water partition coefficient (Wildman–Crippen LogP) is 4.62. The minimum atomic E-state index is -3.91. The fourth-order valence-electron chi connectivity index (χ4n) is 4.50. The van der Waals surface area contributed by atoms with Crippen LogP contribution < -0.4 is 0 Å². The van der Waals surface area contributed by atoms with Crippen molar-refractivity contribution in [3.8, 4) is 0 Å². The van der Waals surface area contributed by atoms with Crippen LogP contribution in [0.4, 0.5) is 0 Å². The van der Waals surface area contributed by atoms with Gasteiger partial charge in [0.15, 0.2) is 0 Å². The maximum Gasteiger partial charge on any atom is 0.323 e. The minimum Gasteiger partial charge on any atom is -0.468 e. The van der Waals surface area contributed by atoms with Crippen LogP contribution in [-0.2, 0) is 45.3 Å². The molecule has 9 nitrogen and oxygen atoms in total. The summed E-state index contributed by atoms with van der Waals surface area (Å²) in [5.74, 6) is 1.57. The van der Waals surface area contributed by atoms with E-state index in [0.29, 0.717) is 0 Å². The van der Waals surface area contributed by atoms with Crippen LogP contribution in [0.2, 0.25) is 0 Å². The molecule has 196 valence electrons. The zero-order chi connectivity index (χ0) is 26.5. The number of hydrogen-bond acceptors (Lipinski definition) is 7. The third-order valence-corrected chi connectivity index (χ3v) is 11.7. The van der Waals surface area contributed by atoms with E-state index in [2.05, 4.69) is 0 Å². The molecule has 2 heterocycles. The maximum atomic E-state index is 14.2. The highest BCUT2D eigenvalue weighted by atomic mass is 31.2.